The minimum atomic E-state index is 0.0809. The summed E-state index contributed by atoms with van der Waals surface area (Å²) < 4.78 is 10.7. The van der Waals surface area contributed by atoms with Gasteiger partial charge in [0.2, 0.25) is 6.41 Å². The van der Waals surface area contributed by atoms with Crippen molar-refractivity contribution < 1.29 is 14.3 Å². The number of carbonyl (C=O) groups is 1. The molecule has 0 aliphatic carbocycles. The first-order chi connectivity index (χ1) is 16.9. The molecule has 8 nitrogen and oxygen atoms in total. The Hall–Kier alpha value is -3.99. The van der Waals surface area contributed by atoms with E-state index in [2.05, 4.69) is 64.7 Å². The summed E-state index contributed by atoms with van der Waals surface area (Å²) in [6.07, 6.45) is 3.13. The Morgan fingerprint density at radius 1 is 1.17 bits per heavy atom. The summed E-state index contributed by atoms with van der Waals surface area (Å²) in [5, 5.41) is 16.2. The van der Waals surface area contributed by atoms with Crippen molar-refractivity contribution in [2.45, 2.75) is 32.2 Å². The first kappa shape index (κ1) is 25.6. The summed E-state index contributed by atoms with van der Waals surface area (Å²) >= 11 is 0. The fraction of sp³-hybridized carbons (Fsp3) is 0.370. The molecular formula is C27H33N5O3. The molecule has 8 heteroatoms. The van der Waals surface area contributed by atoms with Gasteiger partial charge in [0.15, 0.2) is 11.5 Å². The molecule has 2 aromatic carbocycles. The third kappa shape index (κ3) is 5.93. The van der Waals surface area contributed by atoms with Crippen LogP contribution in [0.5, 0.6) is 11.5 Å². The zero-order chi connectivity index (χ0) is 25.4. The SMILES string of the molecule is CNc1ccc(C(C)C)cc1.COc1cc2ncc(C#N)c(N3CCC(NC=O)C3)c2cc1OC. The van der Waals surface area contributed by atoms with Crippen LogP contribution in [0.15, 0.2) is 42.6 Å². The van der Waals surface area contributed by atoms with Gasteiger partial charge >= 0.3 is 0 Å². The summed E-state index contributed by atoms with van der Waals surface area (Å²) in [5.74, 6) is 1.81. The number of anilines is 2. The van der Waals surface area contributed by atoms with Crippen molar-refractivity contribution in [2.75, 3.05) is 44.6 Å². The normalized spacial score (nSPS) is 14.7. The molecular weight excluding hydrogens is 442 g/mol. The lowest BCUT2D eigenvalue weighted by atomic mass is 10.0. The van der Waals surface area contributed by atoms with Crippen LogP contribution in [-0.4, -0.2) is 51.8 Å². The highest BCUT2D eigenvalue weighted by Gasteiger charge is 2.26. The Morgan fingerprint density at radius 2 is 1.86 bits per heavy atom. The van der Waals surface area contributed by atoms with Crippen molar-refractivity contribution in [1.29, 1.82) is 5.26 Å². The quantitative estimate of drug-likeness (QED) is 0.492. The molecule has 1 saturated heterocycles. The van der Waals surface area contributed by atoms with Crippen molar-refractivity contribution in [3.8, 4) is 17.6 Å². The van der Waals surface area contributed by atoms with Gasteiger partial charge in [0.25, 0.3) is 0 Å². The number of rotatable bonds is 7. The van der Waals surface area contributed by atoms with Crippen LogP contribution < -0.4 is 25.0 Å². The number of benzene rings is 2. The molecule has 1 atom stereocenters. The summed E-state index contributed by atoms with van der Waals surface area (Å²) in [6, 6.07) is 14.5. The van der Waals surface area contributed by atoms with Crippen LogP contribution in [0.4, 0.5) is 11.4 Å². The van der Waals surface area contributed by atoms with Gasteiger partial charge in [-0.3, -0.25) is 9.78 Å². The molecule has 3 aromatic rings. The van der Waals surface area contributed by atoms with Gasteiger partial charge in [-0.15, -0.1) is 0 Å². The van der Waals surface area contributed by atoms with Crippen molar-refractivity contribution in [3.63, 3.8) is 0 Å². The molecule has 184 valence electrons. The molecule has 2 heterocycles. The van der Waals surface area contributed by atoms with Crippen LogP contribution in [0.2, 0.25) is 0 Å². The number of nitrogens with one attached hydrogen (secondary N) is 2. The number of nitriles is 1. The number of carbonyl (C=O) groups excluding carboxylic acids is 1. The number of hydrogen-bond acceptors (Lipinski definition) is 7. The number of nitrogens with zero attached hydrogens (tertiary/aromatic N) is 3. The molecule has 1 aromatic heterocycles. The van der Waals surface area contributed by atoms with E-state index in [0.29, 0.717) is 29.5 Å². The molecule has 35 heavy (non-hydrogen) atoms. The van der Waals surface area contributed by atoms with Gasteiger partial charge < -0.3 is 25.0 Å². The molecule has 0 radical (unpaired) electrons. The largest absolute Gasteiger partial charge is 0.493 e. The maximum absolute atomic E-state index is 10.7. The number of pyridine rings is 1. The standard InChI is InChI=1S/C17H18N4O3.C10H15N/c1-23-15-5-13-14(6-16(15)24-2)19-8-11(7-18)17(13)21-4-3-12(9-21)20-10-22;1-8(2)9-4-6-10(11-3)7-5-9/h5-6,8,10,12H,3-4,9H2,1-2H3,(H,20,22);4-8,11H,1-3H3. The smallest absolute Gasteiger partial charge is 0.207 e. The van der Waals surface area contributed by atoms with Crippen LogP contribution in [0, 0.1) is 11.3 Å². The van der Waals surface area contributed by atoms with Crippen LogP contribution in [-0.2, 0) is 4.79 Å². The zero-order valence-electron chi connectivity index (χ0n) is 21.0. The average Bonchev–Trinajstić information content (AvgIpc) is 3.35. The van der Waals surface area contributed by atoms with Crippen molar-refractivity contribution in [2.24, 2.45) is 0 Å². The van der Waals surface area contributed by atoms with Gasteiger partial charge in [0.1, 0.15) is 6.07 Å². The van der Waals surface area contributed by atoms with Crippen LogP contribution in [0.1, 0.15) is 37.3 Å². The molecule has 0 bridgehead atoms. The first-order valence-corrected chi connectivity index (χ1v) is 11.6. The predicted octanol–water partition coefficient (Wildman–Crippen LogP) is 4.30. The Bertz CT molecular complexity index is 1190. The maximum Gasteiger partial charge on any atom is 0.207 e. The van der Waals surface area contributed by atoms with E-state index in [-0.39, 0.29) is 6.04 Å². The third-order valence-electron chi connectivity index (χ3n) is 6.14. The summed E-state index contributed by atoms with van der Waals surface area (Å²) in [6.45, 7) is 5.82. The maximum atomic E-state index is 10.7. The van der Waals surface area contributed by atoms with Crippen LogP contribution >= 0.6 is 0 Å². The second-order valence-corrected chi connectivity index (χ2v) is 8.60. The van der Waals surface area contributed by atoms with E-state index in [1.807, 2.05) is 13.1 Å². The van der Waals surface area contributed by atoms with E-state index in [1.165, 1.54) is 11.3 Å². The van der Waals surface area contributed by atoms with Crippen molar-refractivity contribution in [1.82, 2.24) is 10.3 Å². The van der Waals surface area contributed by atoms with Gasteiger partial charge in [-0.25, -0.2) is 0 Å². The van der Waals surface area contributed by atoms with Gasteiger partial charge in [-0.1, -0.05) is 26.0 Å². The molecule has 1 fully saturated rings. The van der Waals surface area contributed by atoms with Crippen molar-refractivity contribution in [3.05, 3.63) is 53.7 Å². The molecule has 1 aliphatic rings. The second kappa shape index (κ2) is 11.9. The van der Waals surface area contributed by atoms with Gasteiger partial charge in [0, 0.05) is 49.5 Å². The molecule has 4 rings (SSSR count). The highest BCUT2D eigenvalue weighted by molar-refractivity contribution is 5.96. The Labute approximate surface area is 206 Å². The van der Waals surface area contributed by atoms with E-state index >= 15 is 0 Å². The molecule has 1 amide bonds. The average molecular weight is 476 g/mol. The number of aromatic nitrogens is 1. The lowest BCUT2D eigenvalue weighted by molar-refractivity contribution is -0.110. The van der Waals surface area contributed by atoms with Crippen LogP contribution in [0.3, 0.4) is 0 Å². The molecule has 0 spiro atoms. The molecule has 2 N–H and O–H groups in total. The fourth-order valence-corrected chi connectivity index (χ4v) is 4.16. The second-order valence-electron chi connectivity index (χ2n) is 8.60. The van der Waals surface area contributed by atoms with Crippen LogP contribution in [0.25, 0.3) is 10.9 Å². The molecule has 1 unspecified atom stereocenters. The Balaban J connectivity index is 0.000000261. The highest BCUT2D eigenvalue weighted by Crippen LogP contribution is 2.38. The van der Waals surface area contributed by atoms with E-state index < -0.39 is 0 Å². The summed E-state index contributed by atoms with van der Waals surface area (Å²) in [7, 11) is 5.08. The number of fused-ring (bicyclic) bond motifs is 1. The van der Waals surface area contributed by atoms with Gasteiger partial charge in [-0.2, -0.15) is 5.26 Å². The van der Waals surface area contributed by atoms with Crippen molar-refractivity contribution >= 4 is 28.7 Å². The topological polar surface area (TPSA) is 99.5 Å². The van der Waals surface area contributed by atoms with E-state index in [0.717, 1.165) is 36.0 Å². The van der Waals surface area contributed by atoms with Gasteiger partial charge in [0.05, 0.1) is 31.0 Å². The first-order valence-electron chi connectivity index (χ1n) is 11.6. The lowest BCUT2D eigenvalue weighted by Crippen LogP contribution is -2.31. The Kier molecular flexibility index (Phi) is 8.74. The number of ether oxygens (including phenoxy) is 2. The van der Waals surface area contributed by atoms with E-state index in [4.69, 9.17) is 9.47 Å². The van der Waals surface area contributed by atoms with Gasteiger partial charge in [-0.05, 0) is 36.1 Å². The third-order valence-corrected chi connectivity index (χ3v) is 6.14. The monoisotopic (exact) mass is 475 g/mol. The lowest BCUT2D eigenvalue weighted by Gasteiger charge is -2.22. The van der Waals surface area contributed by atoms with E-state index in [9.17, 15) is 10.1 Å². The highest BCUT2D eigenvalue weighted by atomic mass is 16.5. The number of hydrogen-bond donors (Lipinski definition) is 2. The minimum Gasteiger partial charge on any atom is -0.493 e. The molecule has 1 aliphatic heterocycles. The zero-order valence-corrected chi connectivity index (χ0v) is 21.0. The Morgan fingerprint density at radius 3 is 2.43 bits per heavy atom. The minimum absolute atomic E-state index is 0.0809. The summed E-state index contributed by atoms with van der Waals surface area (Å²) in [5.41, 5.74) is 4.62. The number of amides is 1. The summed E-state index contributed by atoms with van der Waals surface area (Å²) in [4.78, 5) is 17.1. The fourth-order valence-electron chi connectivity index (χ4n) is 4.16. The number of methoxy groups -OCH3 is 2. The van der Waals surface area contributed by atoms with E-state index in [1.54, 1.807) is 26.5 Å². The predicted molar refractivity (Wildman–Crippen MR) is 139 cm³/mol. The molecule has 0 saturated carbocycles.